The van der Waals surface area contributed by atoms with Crippen molar-refractivity contribution >= 4 is 23.3 Å². The molecule has 1 fully saturated rings. The van der Waals surface area contributed by atoms with Crippen LogP contribution < -0.4 is 10.2 Å². The van der Waals surface area contributed by atoms with Crippen LogP contribution >= 0.6 is 11.3 Å². The van der Waals surface area contributed by atoms with Gasteiger partial charge in [0.2, 0.25) is 5.95 Å². The lowest BCUT2D eigenvalue weighted by Gasteiger charge is -2.32. The van der Waals surface area contributed by atoms with Gasteiger partial charge in [-0.3, -0.25) is 0 Å². The SMILES string of the molecule is CN(C)c1nccc(C2CN(C(=O)NCc3ccsc3)CCO2)n1. The molecular formula is C16H21N5O2S. The Morgan fingerprint density at radius 2 is 2.38 bits per heavy atom. The van der Waals surface area contributed by atoms with Crippen molar-refractivity contribution < 1.29 is 9.53 Å². The van der Waals surface area contributed by atoms with E-state index in [1.165, 1.54) is 0 Å². The fraction of sp³-hybridized carbons (Fsp3) is 0.438. The van der Waals surface area contributed by atoms with Crippen molar-refractivity contribution in [1.82, 2.24) is 20.2 Å². The van der Waals surface area contributed by atoms with Crippen LogP contribution in [-0.2, 0) is 11.3 Å². The number of morpholine rings is 1. The number of hydrogen-bond acceptors (Lipinski definition) is 6. The normalized spacial score (nSPS) is 17.6. The molecule has 2 aromatic rings. The Kier molecular flexibility index (Phi) is 5.27. The molecule has 2 aromatic heterocycles. The van der Waals surface area contributed by atoms with E-state index in [1.54, 1.807) is 22.4 Å². The number of carbonyl (C=O) groups is 1. The van der Waals surface area contributed by atoms with Crippen molar-refractivity contribution in [3.63, 3.8) is 0 Å². The zero-order chi connectivity index (χ0) is 16.9. The minimum absolute atomic E-state index is 0.0728. The molecule has 0 aliphatic carbocycles. The first-order valence-electron chi connectivity index (χ1n) is 7.79. The molecule has 24 heavy (non-hydrogen) atoms. The van der Waals surface area contributed by atoms with Crippen LogP contribution in [0.25, 0.3) is 0 Å². The van der Waals surface area contributed by atoms with Crippen LogP contribution in [0.3, 0.4) is 0 Å². The summed E-state index contributed by atoms with van der Waals surface area (Å²) < 4.78 is 5.80. The lowest BCUT2D eigenvalue weighted by molar-refractivity contribution is -0.0176. The second kappa shape index (κ2) is 7.59. The van der Waals surface area contributed by atoms with Crippen molar-refractivity contribution in [2.24, 2.45) is 0 Å². The second-order valence-corrected chi connectivity index (χ2v) is 6.55. The number of rotatable bonds is 4. The predicted molar refractivity (Wildman–Crippen MR) is 93.2 cm³/mol. The van der Waals surface area contributed by atoms with E-state index in [0.717, 1.165) is 11.3 Å². The highest BCUT2D eigenvalue weighted by atomic mass is 32.1. The van der Waals surface area contributed by atoms with Gasteiger partial charge in [0.25, 0.3) is 0 Å². The van der Waals surface area contributed by atoms with E-state index in [4.69, 9.17) is 4.74 Å². The summed E-state index contributed by atoms with van der Waals surface area (Å²) in [6, 6.07) is 3.78. The third-order valence-electron chi connectivity index (χ3n) is 3.77. The maximum atomic E-state index is 12.4. The van der Waals surface area contributed by atoms with Gasteiger partial charge in [-0.25, -0.2) is 14.8 Å². The van der Waals surface area contributed by atoms with Gasteiger partial charge >= 0.3 is 6.03 Å². The number of carbonyl (C=O) groups excluding carboxylic acids is 1. The van der Waals surface area contributed by atoms with E-state index in [0.29, 0.717) is 32.2 Å². The molecule has 1 N–H and O–H groups in total. The number of nitrogens with zero attached hydrogens (tertiary/aromatic N) is 4. The first kappa shape index (κ1) is 16.7. The minimum atomic E-state index is -0.229. The summed E-state index contributed by atoms with van der Waals surface area (Å²) in [7, 11) is 3.79. The van der Waals surface area contributed by atoms with Crippen LogP contribution in [0.5, 0.6) is 0 Å². The van der Waals surface area contributed by atoms with Crippen LogP contribution in [0, 0.1) is 0 Å². The van der Waals surface area contributed by atoms with E-state index >= 15 is 0 Å². The highest BCUT2D eigenvalue weighted by molar-refractivity contribution is 7.07. The van der Waals surface area contributed by atoms with Gasteiger partial charge in [0.1, 0.15) is 6.10 Å². The number of nitrogens with one attached hydrogen (secondary N) is 1. The quantitative estimate of drug-likeness (QED) is 0.914. The monoisotopic (exact) mass is 347 g/mol. The number of anilines is 1. The maximum Gasteiger partial charge on any atom is 0.317 e. The van der Waals surface area contributed by atoms with Crippen molar-refractivity contribution in [2.45, 2.75) is 12.6 Å². The van der Waals surface area contributed by atoms with Crippen molar-refractivity contribution in [3.05, 3.63) is 40.3 Å². The van der Waals surface area contributed by atoms with Crippen LogP contribution in [0.4, 0.5) is 10.7 Å². The number of amides is 2. The fourth-order valence-corrected chi connectivity index (χ4v) is 3.12. The molecule has 2 amide bonds. The minimum Gasteiger partial charge on any atom is -0.368 e. The molecule has 1 atom stereocenters. The van der Waals surface area contributed by atoms with Crippen molar-refractivity contribution in [3.8, 4) is 0 Å². The van der Waals surface area contributed by atoms with Crippen LogP contribution in [-0.4, -0.2) is 54.7 Å². The molecule has 1 unspecified atom stereocenters. The van der Waals surface area contributed by atoms with Crippen LogP contribution in [0.15, 0.2) is 29.1 Å². The molecule has 1 aliphatic rings. The number of urea groups is 1. The summed E-state index contributed by atoms with van der Waals surface area (Å²) >= 11 is 1.63. The molecule has 0 radical (unpaired) electrons. The summed E-state index contributed by atoms with van der Waals surface area (Å²) in [4.78, 5) is 24.7. The summed E-state index contributed by atoms with van der Waals surface area (Å²) in [6.45, 7) is 2.11. The molecule has 0 aromatic carbocycles. The fourth-order valence-electron chi connectivity index (χ4n) is 2.45. The highest BCUT2D eigenvalue weighted by Gasteiger charge is 2.26. The molecule has 1 aliphatic heterocycles. The van der Waals surface area contributed by atoms with E-state index in [9.17, 15) is 4.79 Å². The molecule has 0 spiro atoms. The number of ether oxygens (including phenoxy) is 1. The molecule has 8 heteroatoms. The standard InChI is InChI=1S/C16H21N5O2S/c1-20(2)15-17-5-3-13(19-15)14-10-21(6-7-23-14)16(22)18-9-12-4-8-24-11-12/h3-5,8,11,14H,6-7,9-10H2,1-2H3,(H,18,22). The molecule has 7 nitrogen and oxygen atoms in total. The number of thiophene rings is 1. The second-order valence-electron chi connectivity index (χ2n) is 5.77. The lowest BCUT2D eigenvalue weighted by atomic mass is 10.2. The van der Waals surface area contributed by atoms with Crippen LogP contribution in [0.1, 0.15) is 17.4 Å². The Bertz CT molecular complexity index is 677. The third-order valence-corrected chi connectivity index (χ3v) is 4.50. The predicted octanol–water partition coefficient (Wildman–Crippen LogP) is 1.89. The van der Waals surface area contributed by atoms with Crippen LogP contribution in [0.2, 0.25) is 0 Å². The van der Waals surface area contributed by atoms with E-state index in [2.05, 4.69) is 15.3 Å². The van der Waals surface area contributed by atoms with E-state index in [-0.39, 0.29) is 12.1 Å². The number of hydrogen-bond donors (Lipinski definition) is 1. The molecule has 128 valence electrons. The van der Waals surface area contributed by atoms with E-state index < -0.39 is 0 Å². The van der Waals surface area contributed by atoms with Gasteiger partial charge in [0.05, 0.1) is 18.8 Å². The van der Waals surface area contributed by atoms with Gasteiger partial charge in [-0.1, -0.05) is 0 Å². The van der Waals surface area contributed by atoms with Crippen molar-refractivity contribution in [1.29, 1.82) is 0 Å². The maximum absolute atomic E-state index is 12.4. The van der Waals surface area contributed by atoms with Gasteiger partial charge in [0, 0.05) is 33.4 Å². The van der Waals surface area contributed by atoms with E-state index in [1.807, 2.05) is 41.9 Å². The largest absolute Gasteiger partial charge is 0.368 e. The third kappa shape index (κ3) is 4.01. The zero-order valence-electron chi connectivity index (χ0n) is 13.8. The summed E-state index contributed by atoms with van der Waals surface area (Å²) in [6.07, 6.45) is 1.49. The Morgan fingerprint density at radius 1 is 1.50 bits per heavy atom. The first-order valence-corrected chi connectivity index (χ1v) is 8.73. The number of aromatic nitrogens is 2. The lowest BCUT2D eigenvalue weighted by Crippen LogP contribution is -2.47. The molecule has 0 saturated carbocycles. The molecule has 1 saturated heterocycles. The Labute approximate surface area is 145 Å². The average molecular weight is 347 g/mol. The summed E-state index contributed by atoms with van der Waals surface area (Å²) in [5.74, 6) is 0.634. The van der Waals surface area contributed by atoms with Gasteiger partial charge in [-0.2, -0.15) is 11.3 Å². The average Bonchev–Trinajstić information content (AvgIpc) is 3.13. The van der Waals surface area contributed by atoms with Gasteiger partial charge in [-0.05, 0) is 28.5 Å². The molecular weight excluding hydrogens is 326 g/mol. The Morgan fingerprint density at radius 3 is 3.12 bits per heavy atom. The Balaban J connectivity index is 1.61. The van der Waals surface area contributed by atoms with Gasteiger partial charge < -0.3 is 19.9 Å². The summed E-state index contributed by atoms with van der Waals surface area (Å²) in [5, 5.41) is 6.99. The Hall–Kier alpha value is -2.19. The topological polar surface area (TPSA) is 70.6 Å². The zero-order valence-corrected chi connectivity index (χ0v) is 14.6. The van der Waals surface area contributed by atoms with Crippen molar-refractivity contribution in [2.75, 3.05) is 38.7 Å². The van der Waals surface area contributed by atoms with Gasteiger partial charge in [-0.15, -0.1) is 0 Å². The molecule has 3 heterocycles. The van der Waals surface area contributed by atoms with Gasteiger partial charge in [0.15, 0.2) is 0 Å². The highest BCUT2D eigenvalue weighted by Crippen LogP contribution is 2.21. The first-order chi connectivity index (χ1) is 11.6. The molecule has 3 rings (SSSR count). The smallest absolute Gasteiger partial charge is 0.317 e. The molecule has 0 bridgehead atoms. The summed E-state index contributed by atoms with van der Waals surface area (Å²) in [5.41, 5.74) is 1.91.